The Morgan fingerprint density at radius 2 is 1.94 bits per heavy atom. The number of hydrogen-bond donors (Lipinski definition) is 0. The lowest BCUT2D eigenvalue weighted by Gasteiger charge is -2.35. The quantitative estimate of drug-likeness (QED) is 0.747. The Labute approximate surface area is 119 Å². The SMILES string of the molecule is CCCC1CC[C@H](c2ccc(Br)cc2)[C@@H](OC)C1. The molecule has 1 aromatic carbocycles. The minimum absolute atomic E-state index is 0.400. The smallest absolute Gasteiger partial charge is 0.0642 e. The van der Waals surface area contributed by atoms with Gasteiger partial charge in [0.25, 0.3) is 0 Å². The van der Waals surface area contributed by atoms with Gasteiger partial charge < -0.3 is 4.74 Å². The summed E-state index contributed by atoms with van der Waals surface area (Å²) in [5.41, 5.74) is 1.43. The molecule has 0 spiro atoms. The molecule has 0 saturated heterocycles. The summed E-state index contributed by atoms with van der Waals surface area (Å²) in [6.07, 6.45) is 6.90. The average Bonchev–Trinajstić information content (AvgIpc) is 2.40. The van der Waals surface area contributed by atoms with E-state index in [0.29, 0.717) is 12.0 Å². The molecule has 2 rings (SSSR count). The highest BCUT2D eigenvalue weighted by atomic mass is 79.9. The van der Waals surface area contributed by atoms with Crippen molar-refractivity contribution in [1.29, 1.82) is 0 Å². The predicted molar refractivity (Wildman–Crippen MR) is 79.9 cm³/mol. The molecule has 2 heteroatoms. The zero-order chi connectivity index (χ0) is 13.0. The lowest BCUT2D eigenvalue weighted by Crippen LogP contribution is -2.29. The third kappa shape index (κ3) is 3.36. The minimum atomic E-state index is 0.400. The highest BCUT2D eigenvalue weighted by Gasteiger charge is 2.30. The minimum Gasteiger partial charge on any atom is -0.381 e. The van der Waals surface area contributed by atoms with Crippen molar-refractivity contribution in [3.8, 4) is 0 Å². The van der Waals surface area contributed by atoms with Gasteiger partial charge in [-0.3, -0.25) is 0 Å². The van der Waals surface area contributed by atoms with E-state index in [1.165, 1.54) is 37.7 Å². The monoisotopic (exact) mass is 310 g/mol. The van der Waals surface area contributed by atoms with Gasteiger partial charge in [0.2, 0.25) is 0 Å². The summed E-state index contributed by atoms with van der Waals surface area (Å²) in [4.78, 5) is 0. The first-order chi connectivity index (χ1) is 8.74. The second-order valence-electron chi connectivity index (χ2n) is 5.40. The maximum Gasteiger partial charge on any atom is 0.0642 e. The molecule has 1 fully saturated rings. The molecule has 0 radical (unpaired) electrons. The fourth-order valence-electron chi connectivity index (χ4n) is 3.23. The Kier molecular flexibility index (Phi) is 5.25. The van der Waals surface area contributed by atoms with Gasteiger partial charge in [0.05, 0.1) is 6.10 Å². The van der Waals surface area contributed by atoms with Crippen molar-refractivity contribution in [3.05, 3.63) is 34.3 Å². The number of methoxy groups -OCH3 is 1. The summed E-state index contributed by atoms with van der Waals surface area (Å²) in [7, 11) is 1.87. The molecular formula is C16H23BrO. The van der Waals surface area contributed by atoms with Crippen molar-refractivity contribution < 1.29 is 4.74 Å². The normalized spacial score (nSPS) is 28.3. The van der Waals surface area contributed by atoms with Crippen molar-refractivity contribution in [3.63, 3.8) is 0 Å². The van der Waals surface area contributed by atoms with Crippen molar-refractivity contribution >= 4 is 15.9 Å². The molecule has 1 nitrogen and oxygen atoms in total. The molecule has 1 aliphatic rings. The summed E-state index contributed by atoms with van der Waals surface area (Å²) in [6, 6.07) is 8.75. The molecular weight excluding hydrogens is 288 g/mol. The largest absolute Gasteiger partial charge is 0.381 e. The van der Waals surface area contributed by atoms with E-state index < -0.39 is 0 Å². The van der Waals surface area contributed by atoms with E-state index >= 15 is 0 Å². The van der Waals surface area contributed by atoms with Gasteiger partial charge in [0.15, 0.2) is 0 Å². The molecule has 0 aliphatic heterocycles. The highest BCUT2D eigenvalue weighted by molar-refractivity contribution is 9.10. The molecule has 1 aliphatic carbocycles. The molecule has 1 unspecified atom stereocenters. The maximum absolute atomic E-state index is 5.75. The van der Waals surface area contributed by atoms with Crippen molar-refractivity contribution in [1.82, 2.24) is 0 Å². The first-order valence-corrected chi connectivity index (χ1v) is 7.82. The number of benzene rings is 1. The van der Waals surface area contributed by atoms with Crippen LogP contribution in [0.25, 0.3) is 0 Å². The van der Waals surface area contributed by atoms with Crippen LogP contribution in [0, 0.1) is 5.92 Å². The van der Waals surface area contributed by atoms with Gasteiger partial charge >= 0.3 is 0 Å². The Bertz CT molecular complexity index is 360. The van der Waals surface area contributed by atoms with Crippen LogP contribution in [0.4, 0.5) is 0 Å². The van der Waals surface area contributed by atoms with E-state index in [1.807, 2.05) is 7.11 Å². The standard InChI is InChI=1S/C16H23BrO/c1-3-4-12-5-10-15(16(11-12)18-2)13-6-8-14(17)9-7-13/h6-9,12,15-16H,3-5,10-11H2,1-2H3/t12?,15-,16+/m1/s1. The van der Waals surface area contributed by atoms with Crippen LogP contribution in [0.1, 0.15) is 50.5 Å². The Balaban J connectivity index is 2.06. The Morgan fingerprint density at radius 1 is 1.22 bits per heavy atom. The number of halogens is 1. The van der Waals surface area contributed by atoms with E-state index in [-0.39, 0.29) is 0 Å². The van der Waals surface area contributed by atoms with Crippen LogP contribution in [-0.2, 0) is 4.74 Å². The van der Waals surface area contributed by atoms with Crippen LogP contribution < -0.4 is 0 Å². The molecule has 0 aromatic heterocycles. The van der Waals surface area contributed by atoms with Gasteiger partial charge in [-0.05, 0) is 42.9 Å². The van der Waals surface area contributed by atoms with Crippen LogP contribution in [-0.4, -0.2) is 13.2 Å². The van der Waals surface area contributed by atoms with E-state index in [2.05, 4.69) is 47.1 Å². The average molecular weight is 311 g/mol. The fraction of sp³-hybridized carbons (Fsp3) is 0.625. The molecule has 0 heterocycles. The van der Waals surface area contributed by atoms with Crippen LogP contribution in [0.2, 0.25) is 0 Å². The third-order valence-corrected chi connectivity index (χ3v) is 4.73. The maximum atomic E-state index is 5.75. The van der Waals surface area contributed by atoms with E-state index in [9.17, 15) is 0 Å². The number of hydrogen-bond acceptors (Lipinski definition) is 1. The highest BCUT2D eigenvalue weighted by Crippen LogP contribution is 2.39. The Morgan fingerprint density at radius 3 is 2.56 bits per heavy atom. The van der Waals surface area contributed by atoms with Gasteiger partial charge in [0, 0.05) is 17.5 Å². The second kappa shape index (κ2) is 6.72. The van der Waals surface area contributed by atoms with Crippen LogP contribution in [0.5, 0.6) is 0 Å². The van der Waals surface area contributed by atoms with Gasteiger partial charge in [0.1, 0.15) is 0 Å². The Hall–Kier alpha value is -0.340. The van der Waals surface area contributed by atoms with Crippen LogP contribution in [0.3, 0.4) is 0 Å². The molecule has 0 amide bonds. The van der Waals surface area contributed by atoms with Crippen LogP contribution in [0.15, 0.2) is 28.7 Å². The summed E-state index contributed by atoms with van der Waals surface area (Å²) in [6.45, 7) is 2.28. The second-order valence-corrected chi connectivity index (χ2v) is 6.32. The third-order valence-electron chi connectivity index (χ3n) is 4.20. The predicted octanol–water partition coefficient (Wildman–Crippen LogP) is 5.15. The zero-order valence-corrected chi connectivity index (χ0v) is 12.9. The first kappa shape index (κ1) is 14.1. The topological polar surface area (TPSA) is 9.23 Å². The summed E-state index contributed by atoms with van der Waals surface area (Å²) in [5.74, 6) is 1.45. The zero-order valence-electron chi connectivity index (χ0n) is 11.4. The molecule has 0 bridgehead atoms. The van der Waals surface area contributed by atoms with Crippen molar-refractivity contribution in [2.75, 3.05) is 7.11 Å². The summed E-state index contributed by atoms with van der Waals surface area (Å²) >= 11 is 3.50. The fourth-order valence-corrected chi connectivity index (χ4v) is 3.50. The molecule has 100 valence electrons. The van der Waals surface area contributed by atoms with Gasteiger partial charge in [-0.25, -0.2) is 0 Å². The van der Waals surface area contributed by atoms with Gasteiger partial charge in [-0.15, -0.1) is 0 Å². The van der Waals surface area contributed by atoms with Crippen molar-refractivity contribution in [2.45, 2.75) is 51.0 Å². The van der Waals surface area contributed by atoms with E-state index in [4.69, 9.17) is 4.74 Å². The molecule has 1 aromatic rings. The lowest BCUT2D eigenvalue weighted by molar-refractivity contribution is 0.0307. The molecule has 3 atom stereocenters. The van der Waals surface area contributed by atoms with Crippen LogP contribution >= 0.6 is 15.9 Å². The first-order valence-electron chi connectivity index (χ1n) is 7.02. The molecule has 18 heavy (non-hydrogen) atoms. The van der Waals surface area contributed by atoms with E-state index in [1.54, 1.807) is 0 Å². The van der Waals surface area contributed by atoms with Gasteiger partial charge in [-0.1, -0.05) is 47.8 Å². The summed E-state index contributed by atoms with van der Waals surface area (Å²) < 4.78 is 6.91. The van der Waals surface area contributed by atoms with Crippen molar-refractivity contribution in [2.24, 2.45) is 5.92 Å². The van der Waals surface area contributed by atoms with Gasteiger partial charge in [-0.2, -0.15) is 0 Å². The lowest BCUT2D eigenvalue weighted by atomic mass is 9.75. The molecule has 1 saturated carbocycles. The number of ether oxygens (including phenoxy) is 1. The number of rotatable bonds is 4. The summed E-state index contributed by atoms with van der Waals surface area (Å²) in [5, 5.41) is 0. The van der Waals surface area contributed by atoms with E-state index in [0.717, 1.165) is 10.4 Å². The molecule has 0 N–H and O–H groups in total.